The number of nitrogens with one attached hydrogen (secondary N) is 2. The Bertz CT molecular complexity index is 837. The van der Waals surface area contributed by atoms with E-state index in [9.17, 15) is 22.8 Å². The minimum atomic E-state index is -4.65. The van der Waals surface area contributed by atoms with Crippen molar-refractivity contribution < 1.29 is 32.2 Å². The quantitative estimate of drug-likeness (QED) is 0.784. The number of para-hydroxylation sites is 1. The lowest BCUT2D eigenvalue weighted by Gasteiger charge is -2.23. The summed E-state index contributed by atoms with van der Waals surface area (Å²) in [5.74, 6) is -0.876. The Morgan fingerprint density at radius 3 is 2.37 bits per heavy atom. The molecule has 0 aliphatic carbocycles. The second-order valence-corrected chi connectivity index (χ2v) is 6.95. The van der Waals surface area contributed by atoms with Crippen molar-refractivity contribution >= 4 is 23.0 Å². The molecule has 0 aliphatic rings. The van der Waals surface area contributed by atoms with E-state index in [1.807, 2.05) is 0 Å². The molecule has 0 spiro atoms. The van der Waals surface area contributed by atoms with Gasteiger partial charge in [0.25, 0.3) is 0 Å². The van der Waals surface area contributed by atoms with Crippen LogP contribution in [0.5, 0.6) is 0 Å². The van der Waals surface area contributed by atoms with Crippen molar-refractivity contribution in [3.63, 3.8) is 0 Å². The number of fused-ring (bicyclic) bond motifs is 1. The molecule has 148 valence electrons. The van der Waals surface area contributed by atoms with Gasteiger partial charge in [0.05, 0.1) is 7.11 Å². The molecule has 9 heteroatoms. The van der Waals surface area contributed by atoms with Crippen LogP contribution in [0.3, 0.4) is 0 Å². The number of H-pyrrole nitrogens is 1. The van der Waals surface area contributed by atoms with E-state index >= 15 is 0 Å². The Hall–Kier alpha value is -2.71. The third-order valence-electron chi connectivity index (χ3n) is 3.68. The molecule has 1 aromatic carbocycles. The first-order valence-corrected chi connectivity index (χ1v) is 8.16. The van der Waals surface area contributed by atoms with E-state index < -0.39 is 42.0 Å². The number of hydrogen-bond donors (Lipinski definition) is 2. The molecule has 0 fully saturated rings. The number of hydrogen-bond acceptors (Lipinski definition) is 4. The molecule has 0 saturated carbocycles. The SMILES string of the molecule is COC(=O)[C@H](Cc1c(C(F)(F)F)[nH]c2ccccc12)NC(=O)OC(C)(C)C. The summed E-state index contributed by atoms with van der Waals surface area (Å²) in [6.45, 7) is 4.88. The Labute approximate surface area is 154 Å². The van der Waals surface area contributed by atoms with Crippen LogP contribution in [0.4, 0.5) is 18.0 Å². The maximum atomic E-state index is 13.4. The number of alkyl halides is 3. The highest BCUT2D eigenvalue weighted by molar-refractivity contribution is 5.87. The number of carbonyl (C=O) groups excluding carboxylic acids is 2. The van der Waals surface area contributed by atoms with Gasteiger partial charge in [0.1, 0.15) is 17.3 Å². The molecule has 27 heavy (non-hydrogen) atoms. The molecule has 0 saturated heterocycles. The fraction of sp³-hybridized carbons (Fsp3) is 0.444. The Morgan fingerprint density at radius 2 is 1.81 bits per heavy atom. The summed E-state index contributed by atoms with van der Waals surface area (Å²) >= 11 is 0. The standard InChI is InChI=1S/C18H21F3N2O4/c1-17(2,3)27-16(25)23-13(15(24)26-4)9-11-10-7-5-6-8-12(10)22-14(11)18(19,20)21/h5-8,13,22H,9H2,1-4H3,(H,23,25)/t13-/m0/s1. The van der Waals surface area contributed by atoms with Crippen molar-refractivity contribution in [2.45, 2.75) is 45.0 Å². The second-order valence-electron chi connectivity index (χ2n) is 6.95. The van der Waals surface area contributed by atoms with Gasteiger partial charge >= 0.3 is 18.2 Å². The average Bonchev–Trinajstić information content (AvgIpc) is 2.91. The van der Waals surface area contributed by atoms with Crippen LogP contribution in [-0.4, -0.2) is 35.8 Å². The fourth-order valence-electron chi connectivity index (χ4n) is 2.64. The largest absolute Gasteiger partial charge is 0.467 e. The van der Waals surface area contributed by atoms with Crippen molar-refractivity contribution in [2.75, 3.05) is 7.11 Å². The van der Waals surface area contributed by atoms with Gasteiger partial charge in [-0.15, -0.1) is 0 Å². The van der Waals surface area contributed by atoms with Crippen LogP contribution in [0.2, 0.25) is 0 Å². The van der Waals surface area contributed by atoms with E-state index in [0.29, 0.717) is 5.39 Å². The number of benzene rings is 1. The number of rotatable bonds is 4. The van der Waals surface area contributed by atoms with E-state index in [1.165, 1.54) is 12.1 Å². The van der Waals surface area contributed by atoms with E-state index in [2.05, 4.69) is 15.0 Å². The van der Waals surface area contributed by atoms with Gasteiger partial charge in [0.2, 0.25) is 0 Å². The zero-order chi connectivity index (χ0) is 20.4. The van der Waals surface area contributed by atoms with Gasteiger partial charge in [-0.25, -0.2) is 9.59 Å². The monoisotopic (exact) mass is 386 g/mol. The molecule has 0 radical (unpaired) electrons. The molecule has 2 N–H and O–H groups in total. The van der Waals surface area contributed by atoms with E-state index in [1.54, 1.807) is 32.9 Å². The Morgan fingerprint density at radius 1 is 1.19 bits per heavy atom. The number of esters is 1. The maximum absolute atomic E-state index is 13.4. The highest BCUT2D eigenvalue weighted by atomic mass is 19.4. The van der Waals surface area contributed by atoms with Crippen molar-refractivity contribution in [3.05, 3.63) is 35.5 Å². The number of aromatic nitrogens is 1. The highest BCUT2D eigenvalue weighted by Crippen LogP contribution is 2.36. The number of ether oxygens (including phenoxy) is 2. The smallest absolute Gasteiger partial charge is 0.431 e. The lowest BCUT2D eigenvalue weighted by atomic mass is 10.0. The summed E-state index contributed by atoms with van der Waals surface area (Å²) in [6, 6.07) is 4.86. The summed E-state index contributed by atoms with van der Waals surface area (Å²) in [4.78, 5) is 26.4. The van der Waals surface area contributed by atoms with Crippen LogP contribution in [0.25, 0.3) is 10.9 Å². The first kappa shape index (κ1) is 20.6. The predicted molar refractivity (Wildman–Crippen MR) is 92.2 cm³/mol. The molecule has 6 nitrogen and oxygen atoms in total. The zero-order valence-electron chi connectivity index (χ0n) is 15.4. The molecular weight excluding hydrogens is 365 g/mol. The highest BCUT2D eigenvalue weighted by Gasteiger charge is 2.38. The molecule has 0 unspecified atom stereocenters. The summed E-state index contributed by atoms with van der Waals surface area (Å²) in [5, 5.41) is 2.60. The Kier molecular flexibility index (Phi) is 5.72. The summed E-state index contributed by atoms with van der Waals surface area (Å²) < 4.78 is 50.0. The number of halogens is 3. The minimum absolute atomic E-state index is 0.135. The molecule has 1 atom stereocenters. The molecular formula is C18H21F3N2O4. The molecule has 1 heterocycles. The van der Waals surface area contributed by atoms with Gasteiger partial charge in [-0.3, -0.25) is 0 Å². The topological polar surface area (TPSA) is 80.4 Å². The summed E-state index contributed by atoms with van der Waals surface area (Å²) in [6.07, 6.45) is -5.99. The number of amides is 1. The van der Waals surface area contributed by atoms with Crippen LogP contribution in [-0.2, 0) is 26.9 Å². The third-order valence-corrected chi connectivity index (χ3v) is 3.68. The lowest BCUT2D eigenvalue weighted by Crippen LogP contribution is -2.45. The van der Waals surface area contributed by atoms with E-state index in [4.69, 9.17) is 4.74 Å². The fourth-order valence-corrected chi connectivity index (χ4v) is 2.64. The first-order valence-electron chi connectivity index (χ1n) is 8.16. The lowest BCUT2D eigenvalue weighted by molar-refractivity contribution is -0.144. The molecule has 1 aromatic heterocycles. The maximum Gasteiger partial charge on any atom is 0.431 e. The Balaban J connectivity index is 2.40. The zero-order valence-corrected chi connectivity index (χ0v) is 15.4. The normalized spacial score (nSPS) is 13.3. The van der Waals surface area contributed by atoms with Gasteiger partial charge in [0, 0.05) is 17.3 Å². The van der Waals surface area contributed by atoms with Gasteiger partial charge < -0.3 is 19.8 Å². The number of aromatic amines is 1. The molecule has 0 bridgehead atoms. The number of alkyl carbamates (subject to hydrolysis) is 1. The second kappa shape index (κ2) is 7.50. The van der Waals surface area contributed by atoms with Gasteiger partial charge in [-0.1, -0.05) is 18.2 Å². The molecule has 1 amide bonds. The van der Waals surface area contributed by atoms with E-state index in [0.717, 1.165) is 7.11 Å². The summed E-state index contributed by atoms with van der Waals surface area (Å²) in [5.41, 5.74) is -1.66. The van der Waals surface area contributed by atoms with E-state index in [-0.39, 0.29) is 11.1 Å². The third kappa shape index (κ3) is 5.15. The predicted octanol–water partition coefficient (Wildman–Crippen LogP) is 3.80. The number of methoxy groups -OCH3 is 1. The summed E-state index contributed by atoms with van der Waals surface area (Å²) in [7, 11) is 1.09. The minimum Gasteiger partial charge on any atom is -0.467 e. The van der Waals surface area contributed by atoms with Crippen LogP contribution in [0.1, 0.15) is 32.0 Å². The molecule has 0 aliphatic heterocycles. The van der Waals surface area contributed by atoms with Crippen LogP contribution in [0, 0.1) is 0 Å². The van der Waals surface area contributed by atoms with Crippen molar-refractivity contribution in [1.29, 1.82) is 0 Å². The van der Waals surface area contributed by atoms with Crippen molar-refractivity contribution in [1.82, 2.24) is 10.3 Å². The number of carbonyl (C=O) groups is 2. The average molecular weight is 386 g/mol. The van der Waals surface area contributed by atoms with Gasteiger partial charge in [0.15, 0.2) is 0 Å². The van der Waals surface area contributed by atoms with Crippen molar-refractivity contribution in [2.24, 2.45) is 0 Å². The van der Waals surface area contributed by atoms with Crippen LogP contribution < -0.4 is 5.32 Å². The van der Waals surface area contributed by atoms with Gasteiger partial charge in [-0.2, -0.15) is 13.2 Å². The van der Waals surface area contributed by atoms with Crippen LogP contribution in [0.15, 0.2) is 24.3 Å². The van der Waals surface area contributed by atoms with Crippen LogP contribution >= 0.6 is 0 Å². The molecule has 2 rings (SSSR count). The first-order chi connectivity index (χ1) is 12.4. The van der Waals surface area contributed by atoms with Crippen molar-refractivity contribution in [3.8, 4) is 0 Å². The van der Waals surface area contributed by atoms with Gasteiger partial charge in [-0.05, 0) is 32.4 Å². The molecule has 2 aromatic rings.